The van der Waals surface area contributed by atoms with Crippen LogP contribution in [-0.2, 0) is 29.9 Å². The van der Waals surface area contributed by atoms with Crippen molar-refractivity contribution in [1.29, 1.82) is 0 Å². The van der Waals surface area contributed by atoms with E-state index >= 15 is 8.78 Å². The number of sulfone groups is 1. The van der Waals surface area contributed by atoms with Crippen molar-refractivity contribution in [3.05, 3.63) is 58.8 Å². The largest absolute Gasteiger partial charge is 0.350 e. The highest BCUT2D eigenvalue weighted by Crippen LogP contribution is 2.48. The molecule has 0 atom stereocenters. The van der Waals surface area contributed by atoms with Crippen molar-refractivity contribution in [2.45, 2.75) is 43.5 Å². The van der Waals surface area contributed by atoms with Gasteiger partial charge in [-0.2, -0.15) is 15.1 Å². The molecule has 0 unspecified atom stereocenters. The summed E-state index contributed by atoms with van der Waals surface area (Å²) >= 11 is 0. The molecular weight excluding hydrogens is 540 g/mol. The average Bonchev–Trinajstić information content (AvgIpc) is 3.55. The van der Waals surface area contributed by atoms with E-state index in [1.165, 1.54) is 11.9 Å². The molecule has 0 spiro atoms. The minimum atomic E-state index is -3.81. The quantitative estimate of drug-likeness (QED) is 0.341. The molecule has 2 aliphatic rings. The van der Waals surface area contributed by atoms with Crippen LogP contribution in [0, 0.1) is 18.6 Å². The number of fused-ring (bicyclic) bond motifs is 1. The second-order valence-corrected chi connectivity index (χ2v) is 12.4. The van der Waals surface area contributed by atoms with E-state index in [2.05, 4.69) is 25.4 Å². The number of hydrogen-bond donors (Lipinski definition) is 2. The molecule has 1 aliphatic heterocycles. The van der Waals surface area contributed by atoms with Gasteiger partial charge in [0, 0.05) is 50.6 Å². The average molecular weight is 570 g/mol. The summed E-state index contributed by atoms with van der Waals surface area (Å²) in [5, 5.41) is 10.5. The van der Waals surface area contributed by atoms with Crippen molar-refractivity contribution in [2.75, 3.05) is 35.0 Å². The first-order valence-corrected chi connectivity index (χ1v) is 14.8. The summed E-state index contributed by atoms with van der Waals surface area (Å²) in [5.41, 5.74) is 3.45. The van der Waals surface area contributed by atoms with Gasteiger partial charge < -0.3 is 19.7 Å². The molecule has 0 amide bonds. The summed E-state index contributed by atoms with van der Waals surface area (Å²) < 4.78 is 56.3. The van der Waals surface area contributed by atoms with E-state index in [9.17, 15) is 8.42 Å². The molecule has 40 heavy (non-hydrogen) atoms. The molecule has 14 heteroatoms. The summed E-state index contributed by atoms with van der Waals surface area (Å²) in [5.74, 6) is -0.0504. The summed E-state index contributed by atoms with van der Waals surface area (Å²) in [7, 11) is -0.403. The molecule has 4 heterocycles. The van der Waals surface area contributed by atoms with Crippen LogP contribution < -0.4 is 15.1 Å². The van der Waals surface area contributed by atoms with Crippen LogP contribution in [0.15, 0.2) is 29.4 Å². The van der Waals surface area contributed by atoms with Gasteiger partial charge in [0.25, 0.3) is 0 Å². The molecule has 210 valence electrons. The zero-order valence-corrected chi connectivity index (χ0v) is 23.3. The Morgan fingerprint density at radius 1 is 1.15 bits per heavy atom. The Bertz CT molecular complexity index is 1710. The Hall–Kier alpha value is -4.07. The van der Waals surface area contributed by atoms with Gasteiger partial charge in [-0.3, -0.25) is 5.10 Å². The predicted molar refractivity (Wildman–Crippen MR) is 146 cm³/mol. The van der Waals surface area contributed by atoms with Crippen molar-refractivity contribution < 1.29 is 17.2 Å². The van der Waals surface area contributed by atoms with E-state index in [1.807, 2.05) is 24.6 Å². The van der Waals surface area contributed by atoms with Gasteiger partial charge in [0.1, 0.15) is 17.3 Å². The number of anilines is 5. The fraction of sp³-hybridized carbons (Fsp3) is 0.385. The van der Waals surface area contributed by atoms with Gasteiger partial charge in [-0.1, -0.05) is 0 Å². The predicted octanol–water partition coefficient (Wildman–Crippen LogP) is 3.87. The fourth-order valence-electron chi connectivity index (χ4n) is 5.06. The summed E-state index contributed by atoms with van der Waals surface area (Å²) in [6.45, 7) is 3.12. The number of nitrogens with one attached hydrogen (secondary N) is 2. The number of benzene rings is 1. The van der Waals surface area contributed by atoms with Crippen molar-refractivity contribution in [1.82, 2.24) is 29.7 Å². The fourth-order valence-corrected chi connectivity index (χ4v) is 5.69. The van der Waals surface area contributed by atoms with Crippen molar-refractivity contribution in [3.63, 3.8) is 0 Å². The Labute approximate surface area is 230 Å². The van der Waals surface area contributed by atoms with Gasteiger partial charge in [0.05, 0.1) is 29.2 Å². The summed E-state index contributed by atoms with van der Waals surface area (Å²) in [4.78, 5) is 17.0. The third-order valence-electron chi connectivity index (χ3n) is 7.31. The Morgan fingerprint density at radius 2 is 1.88 bits per heavy atom. The number of aromatic amines is 1. The monoisotopic (exact) mass is 569 g/mol. The van der Waals surface area contributed by atoms with E-state index in [0.29, 0.717) is 30.5 Å². The number of aromatic nitrogens is 6. The molecule has 6 rings (SSSR count). The molecule has 1 saturated carbocycles. The molecule has 1 aliphatic carbocycles. The highest BCUT2D eigenvalue weighted by molar-refractivity contribution is 7.90. The number of H-pyrrole nitrogens is 1. The van der Waals surface area contributed by atoms with Crippen molar-refractivity contribution in [3.8, 4) is 0 Å². The van der Waals surface area contributed by atoms with Crippen LogP contribution in [0.4, 0.5) is 37.9 Å². The molecule has 4 aromatic rings. The smallest absolute Gasteiger partial charge is 0.233 e. The molecule has 0 saturated heterocycles. The van der Waals surface area contributed by atoms with Crippen LogP contribution in [0.2, 0.25) is 0 Å². The van der Waals surface area contributed by atoms with Gasteiger partial charge in [-0.25, -0.2) is 22.2 Å². The normalized spacial score (nSPS) is 15.3. The van der Waals surface area contributed by atoms with Crippen LogP contribution in [0.1, 0.15) is 41.4 Å². The summed E-state index contributed by atoms with van der Waals surface area (Å²) in [6, 6.07) is 3.46. The van der Waals surface area contributed by atoms with Gasteiger partial charge >= 0.3 is 0 Å². The zero-order chi connectivity index (χ0) is 28.3. The first-order valence-electron chi connectivity index (χ1n) is 12.9. The molecule has 0 bridgehead atoms. The molecule has 3 aromatic heterocycles. The lowest BCUT2D eigenvalue weighted by molar-refractivity contribution is 0.568. The van der Waals surface area contributed by atoms with Crippen LogP contribution in [0.25, 0.3) is 0 Å². The second-order valence-electron chi connectivity index (χ2n) is 10.4. The van der Waals surface area contributed by atoms with Crippen molar-refractivity contribution >= 4 is 38.9 Å². The van der Waals surface area contributed by atoms with Gasteiger partial charge in [0.15, 0.2) is 27.3 Å². The molecule has 1 aromatic carbocycles. The third kappa shape index (κ3) is 4.76. The first-order chi connectivity index (χ1) is 19.0. The van der Waals surface area contributed by atoms with Crippen LogP contribution in [0.5, 0.6) is 0 Å². The standard InChI is InChI=1S/C26H29F2N9O2S/c1-14-9-21(34-33-14)30-24-22(15-5-6-15)25(37-8-7-19-20(12-37)35(2)13-29-19)32-26(31-24)36(3)23-17(27)10-16(11-18(23)28)40(4,38)39/h9-11,13,15H,5-8,12H2,1-4H3,(H2,30,31,32,33,34). The van der Waals surface area contributed by atoms with Crippen molar-refractivity contribution in [2.24, 2.45) is 7.05 Å². The van der Waals surface area contributed by atoms with Gasteiger partial charge in [0.2, 0.25) is 5.95 Å². The van der Waals surface area contributed by atoms with E-state index in [-0.39, 0.29) is 11.9 Å². The third-order valence-corrected chi connectivity index (χ3v) is 8.40. The van der Waals surface area contributed by atoms with Crippen LogP contribution in [-0.4, -0.2) is 58.0 Å². The minimum Gasteiger partial charge on any atom is -0.350 e. The number of nitrogens with zero attached hydrogens (tertiary/aromatic N) is 7. The number of hydrogen-bond acceptors (Lipinski definition) is 9. The maximum absolute atomic E-state index is 15.2. The second kappa shape index (κ2) is 9.54. The first kappa shape index (κ1) is 26.2. The molecular formula is C26H29F2N9O2S. The van der Waals surface area contributed by atoms with Crippen LogP contribution >= 0.6 is 0 Å². The topological polar surface area (TPSA) is 125 Å². The number of aryl methyl sites for hydroxylation is 2. The Kier molecular flexibility index (Phi) is 6.24. The number of rotatable bonds is 7. The van der Waals surface area contributed by atoms with Gasteiger partial charge in [-0.05, 0) is 37.8 Å². The maximum atomic E-state index is 15.2. The number of imidazole rings is 1. The van der Waals surface area contributed by atoms with E-state index in [4.69, 9.17) is 9.97 Å². The van der Waals surface area contributed by atoms with Gasteiger partial charge in [-0.15, -0.1) is 0 Å². The lowest BCUT2D eigenvalue weighted by Gasteiger charge is -2.31. The molecule has 0 radical (unpaired) electrons. The SMILES string of the molecule is Cc1cc(Nc2nc(N(C)c3c(F)cc(S(C)(=O)=O)cc3F)nc(N3CCc4ncn(C)c4C3)c2C2CC2)n[nH]1. The zero-order valence-electron chi connectivity index (χ0n) is 22.5. The maximum Gasteiger partial charge on any atom is 0.233 e. The number of halogens is 2. The lowest BCUT2D eigenvalue weighted by Crippen LogP contribution is -2.33. The Balaban J connectivity index is 1.49. The van der Waals surface area contributed by atoms with E-state index < -0.39 is 32.1 Å². The highest BCUT2D eigenvalue weighted by Gasteiger charge is 2.35. The summed E-state index contributed by atoms with van der Waals surface area (Å²) in [6.07, 6.45) is 5.37. The van der Waals surface area contributed by atoms with Crippen LogP contribution in [0.3, 0.4) is 0 Å². The lowest BCUT2D eigenvalue weighted by atomic mass is 10.1. The van der Waals surface area contributed by atoms with E-state index in [0.717, 1.165) is 60.3 Å². The molecule has 11 nitrogen and oxygen atoms in total. The molecule has 2 N–H and O–H groups in total. The molecule has 1 fully saturated rings. The Morgan fingerprint density at radius 3 is 2.50 bits per heavy atom. The minimum absolute atomic E-state index is 0.0508. The highest BCUT2D eigenvalue weighted by atomic mass is 32.2. The van der Waals surface area contributed by atoms with E-state index in [1.54, 1.807) is 6.33 Å².